The van der Waals surface area contributed by atoms with Crippen LogP contribution in [0, 0.1) is 0 Å². The minimum atomic E-state index is -2.67. The Kier molecular flexibility index (Phi) is 1.49. The summed E-state index contributed by atoms with van der Waals surface area (Å²) in [4.78, 5) is 0. The van der Waals surface area contributed by atoms with Gasteiger partial charge in [0.05, 0.1) is 5.54 Å². The Morgan fingerprint density at radius 1 is 1.07 bits per heavy atom. The van der Waals surface area contributed by atoms with Crippen LogP contribution in [-0.4, -0.2) is 11.5 Å². The Morgan fingerprint density at radius 3 is 2.00 bits per heavy atom. The van der Waals surface area contributed by atoms with Gasteiger partial charge in [0.1, 0.15) is 0 Å². The maximum atomic E-state index is 13.3. The molecule has 0 bridgehead atoms. The molecule has 0 spiro atoms. The summed E-state index contributed by atoms with van der Waals surface area (Å²) in [5.41, 5.74) is 5.10. The summed E-state index contributed by atoms with van der Waals surface area (Å²) in [5, 5.41) is 0. The molecule has 0 aromatic heterocycles. The van der Waals surface area contributed by atoms with E-state index in [2.05, 4.69) is 0 Å². The lowest BCUT2D eigenvalue weighted by atomic mass is 9.86. The number of nitrogens with two attached hydrogens (primary N) is 1. The maximum absolute atomic E-state index is 13.3. The smallest absolute Gasteiger partial charge is 0.268 e. The van der Waals surface area contributed by atoms with Crippen molar-refractivity contribution in [3.8, 4) is 0 Å². The van der Waals surface area contributed by atoms with Crippen LogP contribution in [-0.2, 0) is 5.41 Å². The molecule has 2 aliphatic carbocycles. The normalized spacial score (nSPS) is 34.9. The summed E-state index contributed by atoms with van der Waals surface area (Å²) in [5.74, 6) is -2.67. The topological polar surface area (TPSA) is 26.0 Å². The van der Waals surface area contributed by atoms with E-state index in [-0.39, 0.29) is 6.42 Å². The van der Waals surface area contributed by atoms with Crippen LogP contribution >= 0.6 is 0 Å². The summed E-state index contributed by atoms with van der Waals surface area (Å²) in [7, 11) is 0. The van der Waals surface area contributed by atoms with Gasteiger partial charge in [0.2, 0.25) is 0 Å². The fraction of sp³-hybridized carbons (Fsp3) is 0.500. The molecular weight excluding hydrogens is 196 g/mol. The van der Waals surface area contributed by atoms with Crippen molar-refractivity contribution in [2.45, 2.75) is 36.1 Å². The number of alkyl halides is 2. The number of hydrogen-bond donors (Lipinski definition) is 1. The third kappa shape index (κ3) is 0.991. The summed E-state index contributed by atoms with van der Waals surface area (Å²) >= 11 is 0. The van der Waals surface area contributed by atoms with Gasteiger partial charge in [-0.05, 0) is 18.4 Å². The molecule has 1 atom stereocenters. The molecule has 0 saturated heterocycles. The summed E-state index contributed by atoms with van der Waals surface area (Å²) in [6.45, 7) is 0. The SMILES string of the molecule is NC1(C2(c3ccccc3)CC2)CC1(F)F. The number of halogens is 2. The second-order valence-electron chi connectivity index (χ2n) is 4.80. The minimum Gasteiger partial charge on any atom is -0.319 e. The molecule has 2 saturated carbocycles. The van der Waals surface area contributed by atoms with Crippen LogP contribution in [0.1, 0.15) is 24.8 Å². The number of rotatable bonds is 2. The van der Waals surface area contributed by atoms with Gasteiger partial charge in [-0.25, -0.2) is 8.78 Å². The summed E-state index contributed by atoms with van der Waals surface area (Å²) in [6.07, 6.45) is 1.43. The molecule has 0 radical (unpaired) electrons. The van der Waals surface area contributed by atoms with Crippen molar-refractivity contribution in [3.05, 3.63) is 35.9 Å². The fourth-order valence-corrected chi connectivity index (χ4v) is 2.70. The lowest BCUT2D eigenvalue weighted by Crippen LogP contribution is -2.43. The predicted octanol–water partition coefficient (Wildman–Crippen LogP) is 2.45. The molecule has 2 N–H and O–H groups in total. The Balaban J connectivity index is 2.01. The van der Waals surface area contributed by atoms with Crippen molar-refractivity contribution in [3.63, 3.8) is 0 Å². The zero-order valence-electron chi connectivity index (χ0n) is 8.34. The molecule has 3 rings (SSSR count). The molecule has 1 nitrogen and oxygen atoms in total. The molecule has 0 amide bonds. The van der Waals surface area contributed by atoms with Crippen LogP contribution in [0.4, 0.5) is 8.78 Å². The van der Waals surface area contributed by atoms with Gasteiger partial charge in [-0.15, -0.1) is 0 Å². The Bertz CT molecular complexity index is 397. The Hall–Kier alpha value is -0.960. The standard InChI is InChI=1S/C12H13F2N/c13-12(14)8-11(12,15)10(6-7-10)9-4-2-1-3-5-9/h1-5H,6-8,15H2. The third-order valence-electron chi connectivity index (χ3n) is 3.96. The molecular formula is C12H13F2N. The van der Waals surface area contributed by atoms with E-state index in [0.717, 1.165) is 18.4 Å². The van der Waals surface area contributed by atoms with Crippen molar-refractivity contribution in [2.75, 3.05) is 0 Å². The molecule has 15 heavy (non-hydrogen) atoms. The molecule has 0 heterocycles. The van der Waals surface area contributed by atoms with Gasteiger partial charge < -0.3 is 5.73 Å². The van der Waals surface area contributed by atoms with Crippen molar-refractivity contribution in [1.82, 2.24) is 0 Å². The van der Waals surface area contributed by atoms with Crippen molar-refractivity contribution in [1.29, 1.82) is 0 Å². The van der Waals surface area contributed by atoms with E-state index in [1.54, 1.807) is 0 Å². The monoisotopic (exact) mass is 209 g/mol. The molecule has 1 aromatic rings. The van der Waals surface area contributed by atoms with Gasteiger partial charge in [0.15, 0.2) is 0 Å². The van der Waals surface area contributed by atoms with Gasteiger partial charge in [-0.2, -0.15) is 0 Å². The van der Waals surface area contributed by atoms with Crippen LogP contribution in [0.3, 0.4) is 0 Å². The van der Waals surface area contributed by atoms with E-state index in [1.165, 1.54) is 0 Å². The van der Waals surface area contributed by atoms with Gasteiger partial charge in [0, 0.05) is 11.8 Å². The average molecular weight is 209 g/mol. The molecule has 80 valence electrons. The second-order valence-corrected chi connectivity index (χ2v) is 4.80. The first kappa shape index (κ1) is 9.28. The van der Waals surface area contributed by atoms with E-state index in [1.807, 2.05) is 30.3 Å². The first-order valence-corrected chi connectivity index (χ1v) is 5.24. The highest BCUT2D eigenvalue weighted by Crippen LogP contribution is 2.69. The van der Waals surface area contributed by atoms with Gasteiger partial charge in [0.25, 0.3) is 5.92 Å². The molecule has 1 unspecified atom stereocenters. The molecule has 2 fully saturated rings. The van der Waals surface area contributed by atoms with E-state index < -0.39 is 16.9 Å². The van der Waals surface area contributed by atoms with Crippen molar-refractivity contribution >= 4 is 0 Å². The van der Waals surface area contributed by atoms with Crippen LogP contribution in [0.15, 0.2) is 30.3 Å². The molecule has 2 aliphatic rings. The zero-order valence-corrected chi connectivity index (χ0v) is 8.34. The zero-order chi connectivity index (χ0) is 10.7. The summed E-state index contributed by atoms with van der Waals surface area (Å²) in [6, 6.07) is 9.50. The predicted molar refractivity (Wildman–Crippen MR) is 53.8 cm³/mol. The highest BCUT2D eigenvalue weighted by atomic mass is 19.3. The molecule has 1 aromatic carbocycles. The lowest BCUT2D eigenvalue weighted by molar-refractivity contribution is 0.0788. The minimum absolute atomic E-state index is 0.158. The van der Waals surface area contributed by atoms with Gasteiger partial charge >= 0.3 is 0 Å². The van der Waals surface area contributed by atoms with Crippen LogP contribution < -0.4 is 5.73 Å². The van der Waals surface area contributed by atoms with Crippen molar-refractivity contribution in [2.24, 2.45) is 5.73 Å². The largest absolute Gasteiger partial charge is 0.319 e. The highest BCUT2D eigenvalue weighted by Gasteiger charge is 2.81. The first-order chi connectivity index (χ1) is 7.02. The maximum Gasteiger partial charge on any atom is 0.268 e. The quantitative estimate of drug-likeness (QED) is 0.795. The Labute approximate surface area is 87.3 Å². The van der Waals surface area contributed by atoms with E-state index in [4.69, 9.17) is 5.73 Å². The molecule has 3 heteroatoms. The first-order valence-electron chi connectivity index (χ1n) is 5.24. The third-order valence-corrected chi connectivity index (χ3v) is 3.96. The fourth-order valence-electron chi connectivity index (χ4n) is 2.70. The van der Waals surface area contributed by atoms with E-state index in [0.29, 0.717) is 0 Å². The summed E-state index contributed by atoms with van der Waals surface area (Å²) < 4.78 is 26.6. The van der Waals surface area contributed by atoms with Crippen LogP contribution in [0.5, 0.6) is 0 Å². The highest BCUT2D eigenvalue weighted by molar-refractivity contribution is 5.44. The van der Waals surface area contributed by atoms with Gasteiger partial charge in [-0.3, -0.25) is 0 Å². The number of benzene rings is 1. The Morgan fingerprint density at radius 2 is 1.60 bits per heavy atom. The van der Waals surface area contributed by atoms with E-state index >= 15 is 0 Å². The number of hydrogen-bond acceptors (Lipinski definition) is 1. The second kappa shape index (κ2) is 2.40. The van der Waals surface area contributed by atoms with E-state index in [9.17, 15) is 8.78 Å². The van der Waals surface area contributed by atoms with Crippen LogP contribution in [0.25, 0.3) is 0 Å². The van der Waals surface area contributed by atoms with Gasteiger partial charge in [-0.1, -0.05) is 30.3 Å². The van der Waals surface area contributed by atoms with Crippen LogP contribution in [0.2, 0.25) is 0 Å². The van der Waals surface area contributed by atoms with Crippen molar-refractivity contribution < 1.29 is 8.78 Å². The lowest BCUT2D eigenvalue weighted by Gasteiger charge is -2.23. The average Bonchev–Trinajstić information content (AvgIpc) is 3.06. The molecule has 0 aliphatic heterocycles.